The van der Waals surface area contributed by atoms with Crippen molar-refractivity contribution >= 4 is 12.1 Å². The third kappa shape index (κ3) is 2.90. The number of quaternary nitrogens is 1. The van der Waals surface area contributed by atoms with Gasteiger partial charge in [-0.2, -0.15) is 16.1 Å². The highest BCUT2D eigenvalue weighted by Gasteiger charge is 2.44. The topological polar surface area (TPSA) is 83.8 Å². The van der Waals surface area contributed by atoms with Crippen LogP contribution in [0.2, 0.25) is 0 Å². The van der Waals surface area contributed by atoms with Crippen molar-refractivity contribution in [2.75, 3.05) is 0 Å². The summed E-state index contributed by atoms with van der Waals surface area (Å²) >= 11 is 0. The maximum absolute atomic E-state index is 9.27. The number of hydrogen-bond acceptors (Lipinski definition) is 5. The summed E-state index contributed by atoms with van der Waals surface area (Å²) in [6.07, 6.45) is 11.3. The molecule has 5 rings (SSSR count). The van der Waals surface area contributed by atoms with Crippen LogP contribution in [0.3, 0.4) is 0 Å². The highest BCUT2D eigenvalue weighted by molar-refractivity contribution is 6.01. The number of rotatable bonds is 5. The van der Waals surface area contributed by atoms with Crippen molar-refractivity contribution < 1.29 is 9.33 Å². The Morgan fingerprint density at radius 2 is 2.00 bits per heavy atom. The molecule has 0 saturated heterocycles. The van der Waals surface area contributed by atoms with Gasteiger partial charge in [0.25, 0.3) is 5.84 Å². The molecule has 0 bridgehead atoms. The lowest BCUT2D eigenvalue weighted by Crippen LogP contribution is -2.53. The molecule has 0 amide bonds. The molecule has 2 N–H and O–H groups in total. The number of allylic oxidation sites excluding steroid dienone is 4. The zero-order valence-electron chi connectivity index (χ0n) is 16.1. The van der Waals surface area contributed by atoms with Gasteiger partial charge >= 0.3 is 0 Å². The number of nitrogens with zero attached hydrogens (tertiary/aromatic N) is 4. The fraction of sp³-hybridized carbons (Fsp3) is 0.0417. The molecule has 1 aliphatic carbocycles. The summed E-state index contributed by atoms with van der Waals surface area (Å²) in [6.45, 7) is 0.307. The van der Waals surface area contributed by atoms with E-state index in [1.807, 2.05) is 66.9 Å². The van der Waals surface area contributed by atoms with Crippen LogP contribution in [-0.2, 0) is 6.61 Å². The van der Waals surface area contributed by atoms with Crippen molar-refractivity contribution in [1.29, 1.82) is 5.26 Å². The number of fused-ring (bicyclic) bond motifs is 1. The molecule has 0 fully saturated rings. The van der Waals surface area contributed by atoms with E-state index in [-0.39, 0.29) is 4.59 Å². The van der Waals surface area contributed by atoms with E-state index in [2.05, 4.69) is 11.1 Å². The first-order valence-electron chi connectivity index (χ1n) is 9.51. The average molecular weight is 392 g/mol. The number of aliphatic imine (C=N–C) groups is 2. The van der Waals surface area contributed by atoms with Gasteiger partial charge in [-0.1, -0.05) is 42.5 Å². The first kappa shape index (κ1) is 18.0. The lowest BCUT2D eigenvalue weighted by molar-refractivity contribution is -0.750. The molecule has 6 nitrogen and oxygen atoms in total. The number of nitriles is 1. The van der Waals surface area contributed by atoms with E-state index < -0.39 is 0 Å². The van der Waals surface area contributed by atoms with Crippen LogP contribution in [0.5, 0.6) is 5.75 Å². The van der Waals surface area contributed by atoms with Gasteiger partial charge in [-0.3, -0.25) is 4.99 Å². The van der Waals surface area contributed by atoms with Crippen molar-refractivity contribution in [3.63, 3.8) is 0 Å². The summed E-state index contributed by atoms with van der Waals surface area (Å²) in [5.41, 5.74) is 5.01. The highest BCUT2D eigenvalue weighted by atomic mass is 16.5. The summed E-state index contributed by atoms with van der Waals surface area (Å²) in [5.74, 6) is 8.13. The molecular weight excluding hydrogens is 374 g/mol. The number of benzene rings is 2. The first-order valence-corrected chi connectivity index (χ1v) is 9.51. The van der Waals surface area contributed by atoms with Crippen molar-refractivity contribution in [3.8, 4) is 11.8 Å². The third-order valence-corrected chi connectivity index (χ3v) is 5.24. The molecule has 3 aliphatic rings. The minimum Gasteiger partial charge on any atom is -0.489 e. The minimum atomic E-state index is -0.0370. The lowest BCUT2D eigenvalue weighted by atomic mass is 10.0. The van der Waals surface area contributed by atoms with Gasteiger partial charge < -0.3 is 4.74 Å². The van der Waals surface area contributed by atoms with Crippen LogP contribution in [0.15, 0.2) is 106 Å². The molecule has 0 saturated carbocycles. The first-order chi connectivity index (χ1) is 14.7. The van der Waals surface area contributed by atoms with E-state index in [0.717, 1.165) is 28.1 Å². The Kier molecular flexibility index (Phi) is 4.25. The van der Waals surface area contributed by atoms with Gasteiger partial charge in [0.05, 0.1) is 29.6 Å². The molecule has 2 heterocycles. The second-order valence-corrected chi connectivity index (χ2v) is 7.09. The summed E-state index contributed by atoms with van der Waals surface area (Å²) in [6, 6.07) is 17.3. The highest BCUT2D eigenvalue weighted by Crippen LogP contribution is 2.36. The van der Waals surface area contributed by atoms with E-state index in [9.17, 15) is 5.26 Å². The summed E-state index contributed by atoms with van der Waals surface area (Å²) in [7, 11) is 0. The maximum Gasteiger partial charge on any atom is 0.265 e. The lowest BCUT2D eigenvalue weighted by Gasteiger charge is -2.26. The Balaban J connectivity index is 1.45. The molecule has 6 heteroatoms. The SMILES string of the molecule is N#Cc1ccccc1COc1cccc(C2=NC(C3=CC=C3)=C3C=NC=C[N+]23N)c1. The van der Waals surface area contributed by atoms with E-state index in [1.165, 1.54) is 0 Å². The normalized spacial score (nSPS) is 20.9. The summed E-state index contributed by atoms with van der Waals surface area (Å²) in [4.78, 5) is 9.11. The van der Waals surface area contributed by atoms with Crippen molar-refractivity contribution in [3.05, 3.63) is 113 Å². The Morgan fingerprint density at radius 3 is 2.80 bits per heavy atom. The molecule has 144 valence electrons. The molecule has 30 heavy (non-hydrogen) atoms. The van der Waals surface area contributed by atoms with Gasteiger partial charge in [0, 0.05) is 11.1 Å². The van der Waals surface area contributed by atoms with Crippen molar-refractivity contribution in [2.24, 2.45) is 15.8 Å². The Labute approximate surface area is 174 Å². The monoisotopic (exact) mass is 392 g/mol. The second-order valence-electron chi connectivity index (χ2n) is 7.09. The summed E-state index contributed by atoms with van der Waals surface area (Å²) in [5, 5.41) is 9.27. The van der Waals surface area contributed by atoms with E-state index in [0.29, 0.717) is 23.8 Å². The Bertz CT molecular complexity index is 1270. The molecule has 0 spiro atoms. The predicted octanol–water partition coefficient (Wildman–Crippen LogP) is 3.85. The van der Waals surface area contributed by atoms with Gasteiger partial charge in [-0.25, -0.2) is 0 Å². The van der Waals surface area contributed by atoms with E-state index in [1.54, 1.807) is 18.5 Å². The van der Waals surface area contributed by atoms with E-state index >= 15 is 0 Å². The van der Waals surface area contributed by atoms with Crippen LogP contribution in [0, 0.1) is 11.3 Å². The largest absolute Gasteiger partial charge is 0.489 e. The molecule has 0 aromatic heterocycles. The van der Waals surface area contributed by atoms with Crippen LogP contribution in [-0.4, -0.2) is 16.6 Å². The number of ether oxygens (including phenoxy) is 1. The molecule has 1 atom stereocenters. The molecular formula is C24H18N5O+. The van der Waals surface area contributed by atoms with Gasteiger partial charge in [0.15, 0.2) is 0 Å². The van der Waals surface area contributed by atoms with Crippen molar-refractivity contribution in [1.82, 2.24) is 0 Å². The Hall–Kier alpha value is -4.05. The van der Waals surface area contributed by atoms with Crippen LogP contribution in [0.25, 0.3) is 0 Å². The average Bonchev–Trinajstić information content (AvgIpc) is 3.04. The molecule has 0 radical (unpaired) electrons. The van der Waals surface area contributed by atoms with Crippen LogP contribution in [0.1, 0.15) is 16.7 Å². The number of nitrogens with two attached hydrogens (primary N) is 1. The molecule has 2 aromatic carbocycles. The van der Waals surface area contributed by atoms with Crippen LogP contribution in [0.4, 0.5) is 0 Å². The quantitative estimate of drug-likeness (QED) is 0.620. The van der Waals surface area contributed by atoms with E-state index in [4.69, 9.17) is 15.6 Å². The van der Waals surface area contributed by atoms with Gasteiger partial charge in [0.1, 0.15) is 24.3 Å². The molecule has 2 aliphatic heterocycles. The Morgan fingerprint density at radius 1 is 1.13 bits per heavy atom. The maximum atomic E-state index is 9.27. The van der Waals surface area contributed by atoms with Crippen molar-refractivity contribution in [2.45, 2.75) is 6.61 Å². The zero-order chi connectivity index (χ0) is 20.6. The standard InChI is InChI=1S/C24H18N5O/c25-14-19-5-1-2-6-20(19)16-30-21-10-4-9-18(13-21)24-28-23(17-7-3-8-17)22-15-27-11-12-29(22,24)26/h1-13,15H,16,26H2/q+1. The molecule has 2 aromatic rings. The smallest absolute Gasteiger partial charge is 0.265 e. The van der Waals surface area contributed by atoms with Gasteiger partial charge in [-0.15, -0.1) is 4.59 Å². The molecule has 1 unspecified atom stereocenters. The summed E-state index contributed by atoms with van der Waals surface area (Å²) < 4.78 is 5.94. The predicted molar refractivity (Wildman–Crippen MR) is 115 cm³/mol. The fourth-order valence-electron chi connectivity index (χ4n) is 3.58. The van der Waals surface area contributed by atoms with Gasteiger partial charge in [-0.05, 0) is 24.3 Å². The van der Waals surface area contributed by atoms with Crippen LogP contribution >= 0.6 is 0 Å². The fourth-order valence-corrected chi connectivity index (χ4v) is 3.58. The second kappa shape index (κ2) is 7.08. The minimum absolute atomic E-state index is 0.0370. The number of amidine groups is 1. The van der Waals surface area contributed by atoms with Gasteiger partial charge in [0.2, 0.25) is 5.70 Å². The zero-order valence-corrected chi connectivity index (χ0v) is 16.1. The third-order valence-electron chi connectivity index (χ3n) is 5.24. The van der Waals surface area contributed by atoms with Crippen LogP contribution < -0.4 is 10.6 Å². The number of hydrogen-bond donors (Lipinski definition) is 1.